The molecule has 2 amide bonds. The van der Waals surface area contributed by atoms with E-state index < -0.39 is 0 Å². The van der Waals surface area contributed by atoms with E-state index in [0.29, 0.717) is 19.3 Å². The Labute approximate surface area is 122 Å². The standard InChI is InChI=1S/C14H19N3O2S/c1-8-12(20-9(2)16-8)7-13(18)17-11-6-4-3-5-10(11)14(15)19/h3-4,10-11H,5-7H2,1-2H3,(H2,15,19)(H,17,18)/t10-,11-/m1/s1. The molecule has 1 aromatic rings. The molecule has 1 heterocycles. The van der Waals surface area contributed by atoms with Crippen LogP contribution < -0.4 is 11.1 Å². The van der Waals surface area contributed by atoms with Gasteiger partial charge < -0.3 is 11.1 Å². The van der Waals surface area contributed by atoms with Crippen LogP contribution in [-0.4, -0.2) is 22.8 Å². The average molecular weight is 293 g/mol. The lowest BCUT2D eigenvalue weighted by Gasteiger charge is -2.26. The van der Waals surface area contributed by atoms with E-state index >= 15 is 0 Å². The van der Waals surface area contributed by atoms with Crippen molar-refractivity contribution >= 4 is 23.2 Å². The number of hydrogen-bond donors (Lipinski definition) is 2. The highest BCUT2D eigenvalue weighted by Gasteiger charge is 2.28. The van der Waals surface area contributed by atoms with Gasteiger partial charge in [-0.05, 0) is 26.7 Å². The third kappa shape index (κ3) is 3.45. The summed E-state index contributed by atoms with van der Waals surface area (Å²) in [4.78, 5) is 28.8. The van der Waals surface area contributed by atoms with E-state index in [-0.39, 0.29) is 23.8 Å². The summed E-state index contributed by atoms with van der Waals surface area (Å²) >= 11 is 1.53. The molecule has 0 spiro atoms. The molecule has 20 heavy (non-hydrogen) atoms. The van der Waals surface area contributed by atoms with Gasteiger partial charge in [0.2, 0.25) is 11.8 Å². The summed E-state index contributed by atoms with van der Waals surface area (Å²) in [5, 5.41) is 3.88. The van der Waals surface area contributed by atoms with Crippen LogP contribution >= 0.6 is 11.3 Å². The van der Waals surface area contributed by atoms with Gasteiger partial charge in [0, 0.05) is 10.9 Å². The Morgan fingerprint density at radius 2 is 2.10 bits per heavy atom. The molecule has 0 bridgehead atoms. The summed E-state index contributed by atoms with van der Waals surface area (Å²) in [5.41, 5.74) is 6.28. The molecule has 0 radical (unpaired) electrons. The van der Waals surface area contributed by atoms with Crippen LogP contribution in [0, 0.1) is 19.8 Å². The molecular weight excluding hydrogens is 274 g/mol. The maximum Gasteiger partial charge on any atom is 0.225 e. The van der Waals surface area contributed by atoms with Crippen LogP contribution in [0.1, 0.15) is 28.4 Å². The van der Waals surface area contributed by atoms with Gasteiger partial charge in [0.1, 0.15) is 0 Å². The van der Waals surface area contributed by atoms with Crippen molar-refractivity contribution in [1.29, 1.82) is 0 Å². The second-order valence-electron chi connectivity index (χ2n) is 5.04. The Bertz CT molecular complexity index is 551. The summed E-state index contributed by atoms with van der Waals surface area (Å²) < 4.78 is 0. The van der Waals surface area contributed by atoms with Crippen molar-refractivity contribution in [3.05, 3.63) is 27.7 Å². The van der Waals surface area contributed by atoms with Crippen molar-refractivity contribution in [3.8, 4) is 0 Å². The smallest absolute Gasteiger partial charge is 0.225 e. The van der Waals surface area contributed by atoms with Crippen LogP contribution in [0.5, 0.6) is 0 Å². The minimum Gasteiger partial charge on any atom is -0.369 e. The van der Waals surface area contributed by atoms with Gasteiger partial charge in [0.15, 0.2) is 0 Å². The summed E-state index contributed by atoms with van der Waals surface area (Å²) in [7, 11) is 0. The molecule has 3 N–H and O–H groups in total. The molecule has 0 saturated heterocycles. The molecule has 0 aliphatic heterocycles. The number of thiazole rings is 1. The summed E-state index contributed by atoms with van der Waals surface area (Å²) in [6, 6.07) is -0.195. The van der Waals surface area contributed by atoms with E-state index in [2.05, 4.69) is 10.3 Å². The number of nitrogens with two attached hydrogens (primary N) is 1. The third-order valence-corrected chi connectivity index (χ3v) is 4.54. The molecule has 108 valence electrons. The fourth-order valence-corrected chi connectivity index (χ4v) is 3.37. The molecule has 2 atom stereocenters. The lowest BCUT2D eigenvalue weighted by molar-refractivity contribution is -0.124. The number of hydrogen-bond acceptors (Lipinski definition) is 4. The first-order valence-corrected chi connectivity index (χ1v) is 7.45. The molecule has 5 nitrogen and oxygen atoms in total. The number of carbonyl (C=O) groups excluding carboxylic acids is 2. The van der Waals surface area contributed by atoms with E-state index in [1.807, 2.05) is 26.0 Å². The number of nitrogens with zero attached hydrogens (tertiary/aromatic N) is 1. The van der Waals surface area contributed by atoms with E-state index in [4.69, 9.17) is 5.73 Å². The first-order valence-electron chi connectivity index (χ1n) is 6.64. The Balaban J connectivity index is 1.98. The number of nitrogens with one attached hydrogen (secondary N) is 1. The molecule has 0 fully saturated rings. The maximum atomic E-state index is 12.1. The number of primary amides is 1. The molecule has 1 aromatic heterocycles. The molecule has 0 aromatic carbocycles. The fraction of sp³-hybridized carbons (Fsp3) is 0.500. The Kier molecular flexibility index (Phi) is 4.54. The number of allylic oxidation sites excluding steroid dienone is 1. The van der Waals surface area contributed by atoms with Crippen LogP contribution in [0.15, 0.2) is 12.2 Å². The van der Waals surface area contributed by atoms with Crippen molar-refractivity contribution in [2.45, 2.75) is 39.2 Å². The molecule has 2 rings (SSSR count). The minimum atomic E-state index is -0.357. The Morgan fingerprint density at radius 3 is 2.70 bits per heavy atom. The highest BCUT2D eigenvalue weighted by molar-refractivity contribution is 7.11. The number of carbonyl (C=O) groups is 2. The van der Waals surface area contributed by atoms with Gasteiger partial charge in [-0.1, -0.05) is 12.2 Å². The number of amides is 2. The normalized spacial score (nSPS) is 21.7. The number of rotatable bonds is 4. The molecule has 0 saturated carbocycles. The second-order valence-corrected chi connectivity index (χ2v) is 6.33. The summed E-state index contributed by atoms with van der Waals surface area (Å²) in [6.45, 7) is 3.83. The molecule has 6 heteroatoms. The second kappa shape index (κ2) is 6.17. The van der Waals surface area contributed by atoms with Crippen molar-refractivity contribution in [2.75, 3.05) is 0 Å². The van der Waals surface area contributed by atoms with Crippen molar-refractivity contribution in [3.63, 3.8) is 0 Å². The molecule has 0 unspecified atom stereocenters. The Morgan fingerprint density at radius 1 is 1.40 bits per heavy atom. The van der Waals surface area contributed by atoms with Crippen molar-refractivity contribution in [2.24, 2.45) is 11.7 Å². The highest BCUT2D eigenvalue weighted by atomic mass is 32.1. The monoisotopic (exact) mass is 293 g/mol. The SMILES string of the molecule is Cc1nc(C)c(CC(=O)N[C@@H]2CC=CC[C@H]2C(N)=O)s1. The van der Waals surface area contributed by atoms with Gasteiger partial charge in [0.25, 0.3) is 0 Å². The van der Waals surface area contributed by atoms with E-state index in [1.165, 1.54) is 11.3 Å². The fourth-order valence-electron chi connectivity index (χ4n) is 2.43. The molecular formula is C14H19N3O2S. The highest BCUT2D eigenvalue weighted by Crippen LogP contribution is 2.20. The largest absolute Gasteiger partial charge is 0.369 e. The third-order valence-electron chi connectivity index (χ3n) is 3.46. The zero-order valence-electron chi connectivity index (χ0n) is 11.7. The zero-order chi connectivity index (χ0) is 14.7. The van der Waals surface area contributed by atoms with Gasteiger partial charge in [-0.15, -0.1) is 11.3 Å². The lowest BCUT2D eigenvalue weighted by atomic mass is 9.88. The summed E-state index contributed by atoms with van der Waals surface area (Å²) in [6.07, 6.45) is 5.48. The van der Waals surface area contributed by atoms with E-state index in [9.17, 15) is 9.59 Å². The van der Waals surface area contributed by atoms with Crippen LogP contribution in [-0.2, 0) is 16.0 Å². The van der Waals surface area contributed by atoms with Gasteiger partial charge in [0.05, 0.1) is 23.0 Å². The molecule has 1 aliphatic carbocycles. The van der Waals surface area contributed by atoms with Gasteiger partial charge >= 0.3 is 0 Å². The lowest BCUT2D eigenvalue weighted by Crippen LogP contribution is -2.46. The van der Waals surface area contributed by atoms with Gasteiger partial charge in [-0.25, -0.2) is 4.98 Å². The summed E-state index contributed by atoms with van der Waals surface area (Å²) in [5.74, 6) is -0.749. The van der Waals surface area contributed by atoms with Crippen LogP contribution in [0.2, 0.25) is 0 Å². The quantitative estimate of drug-likeness (QED) is 0.819. The first kappa shape index (κ1) is 14.7. The van der Waals surface area contributed by atoms with Crippen LogP contribution in [0.4, 0.5) is 0 Å². The van der Waals surface area contributed by atoms with Crippen LogP contribution in [0.3, 0.4) is 0 Å². The van der Waals surface area contributed by atoms with Gasteiger partial charge in [-0.2, -0.15) is 0 Å². The maximum absolute atomic E-state index is 12.1. The van der Waals surface area contributed by atoms with Crippen LogP contribution in [0.25, 0.3) is 0 Å². The number of aromatic nitrogens is 1. The van der Waals surface area contributed by atoms with E-state index in [0.717, 1.165) is 15.6 Å². The molecule has 1 aliphatic rings. The minimum absolute atomic E-state index is 0.0803. The van der Waals surface area contributed by atoms with Crippen molar-refractivity contribution in [1.82, 2.24) is 10.3 Å². The van der Waals surface area contributed by atoms with Gasteiger partial charge in [-0.3, -0.25) is 9.59 Å². The predicted molar refractivity (Wildman–Crippen MR) is 78.3 cm³/mol. The topological polar surface area (TPSA) is 85.1 Å². The first-order chi connectivity index (χ1) is 9.47. The Hall–Kier alpha value is -1.69. The predicted octanol–water partition coefficient (Wildman–Crippen LogP) is 1.24. The van der Waals surface area contributed by atoms with E-state index in [1.54, 1.807) is 0 Å². The zero-order valence-corrected chi connectivity index (χ0v) is 12.5. The number of aryl methyl sites for hydroxylation is 2. The average Bonchev–Trinajstić information content (AvgIpc) is 2.68. The van der Waals surface area contributed by atoms with Crippen molar-refractivity contribution < 1.29 is 9.59 Å².